The molecule has 0 aromatic carbocycles. The van der Waals surface area contributed by atoms with Crippen LogP contribution in [0.3, 0.4) is 0 Å². The Bertz CT molecular complexity index is 1070. The van der Waals surface area contributed by atoms with Crippen molar-refractivity contribution < 1.29 is 15.0 Å². The van der Waals surface area contributed by atoms with Crippen LogP contribution in [0.25, 0.3) is 11.2 Å². The van der Waals surface area contributed by atoms with Gasteiger partial charge in [-0.05, 0) is 24.3 Å². The smallest absolute Gasteiger partial charge is 0.217 e. The van der Waals surface area contributed by atoms with Crippen LogP contribution in [0.1, 0.15) is 37.6 Å². The molecule has 0 unspecified atom stereocenters. The summed E-state index contributed by atoms with van der Waals surface area (Å²) in [4.78, 5) is 25.7. The van der Waals surface area contributed by atoms with Gasteiger partial charge in [-0.1, -0.05) is 18.5 Å². The maximum absolute atomic E-state index is 11.4. The first-order valence-electron chi connectivity index (χ1n) is 10.2. The lowest BCUT2D eigenvalue weighted by Gasteiger charge is -2.19. The van der Waals surface area contributed by atoms with E-state index in [1.54, 1.807) is 22.2 Å². The summed E-state index contributed by atoms with van der Waals surface area (Å²) in [5, 5.41) is 29.8. The third-order valence-electron chi connectivity index (χ3n) is 5.71. The molecular formula is C20H25ClN6O3S. The van der Waals surface area contributed by atoms with E-state index in [4.69, 9.17) is 11.6 Å². The van der Waals surface area contributed by atoms with Crippen LogP contribution in [0.15, 0.2) is 24.1 Å². The van der Waals surface area contributed by atoms with E-state index in [1.807, 2.05) is 11.4 Å². The van der Waals surface area contributed by atoms with Gasteiger partial charge in [-0.15, -0.1) is 11.3 Å². The number of aliphatic hydroxyl groups excluding tert-OH is 2. The third kappa shape index (κ3) is 4.38. The molecule has 1 aliphatic carbocycles. The summed E-state index contributed by atoms with van der Waals surface area (Å²) < 4.78 is 1.75. The summed E-state index contributed by atoms with van der Waals surface area (Å²) in [6, 6.07) is 1.01. The zero-order valence-electron chi connectivity index (χ0n) is 17.2. The highest BCUT2D eigenvalue weighted by molar-refractivity contribution is 7.10. The topological polar surface area (TPSA) is 125 Å². The van der Waals surface area contributed by atoms with Crippen LogP contribution in [-0.4, -0.2) is 59.9 Å². The Morgan fingerprint density at radius 2 is 2.16 bits per heavy atom. The molecule has 0 bridgehead atoms. The number of halogens is 1. The van der Waals surface area contributed by atoms with Gasteiger partial charge in [-0.2, -0.15) is 0 Å². The Balaban J connectivity index is 1.58. The predicted molar refractivity (Wildman–Crippen MR) is 119 cm³/mol. The van der Waals surface area contributed by atoms with Crippen molar-refractivity contribution >= 4 is 45.8 Å². The van der Waals surface area contributed by atoms with E-state index in [2.05, 4.69) is 32.5 Å². The van der Waals surface area contributed by atoms with E-state index in [0.29, 0.717) is 23.4 Å². The molecule has 11 heteroatoms. The van der Waals surface area contributed by atoms with E-state index in [9.17, 15) is 15.0 Å². The average molecular weight is 465 g/mol. The first kappa shape index (κ1) is 21.9. The Hall–Kier alpha value is -2.27. The number of nitrogens with one attached hydrogen (secondary N) is 2. The van der Waals surface area contributed by atoms with Gasteiger partial charge in [0.1, 0.15) is 24.1 Å². The van der Waals surface area contributed by atoms with Gasteiger partial charge in [-0.25, -0.2) is 15.0 Å². The minimum Gasteiger partial charge on any atom is -0.388 e. The maximum Gasteiger partial charge on any atom is 0.217 e. The molecule has 0 saturated heterocycles. The zero-order chi connectivity index (χ0) is 22.1. The Morgan fingerprint density at radius 1 is 1.35 bits per heavy atom. The van der Waals surface area contributed by atoms with Crippen LogP contribution in [0.4, 0.5) is 5.82 Å². The molecule has 1 amide bonds. The Labute approximate surface area is 188 Å². The highest BCUT2D eigenvalue weighted by Crippen LogP contribution is 2.34. The lowest BCUT2D eigenvalue weighted by atomic mass is 10.1. The monoisotopic (exact) mass is 464 g/mol. The minimum atomic E-state index is -1.06. The van der Waals surface area contributed by atoms with Gasteiger partial charge >= 0.3 is 0 Å². The number of aromatic nitrogens is 4. The lowest BCUT2D eigenvalue weighted by Crippen LogP contribution is -2.42. The van der Waals surface area contributed by atoms with Crippen molar-refractivity contribution in [3.05, 3.63) is 34.0 Å². The van der Waals surface area contributed by atoms with Crippen molar-refractivity contribution in [2.75, 3.05) is 5.32 Å². The minimum absolute atomic E-state index is 0.113. The SMILES string of the molecule is CC[C@H](Cc1sccc1Cl)Nc1ncnc2c1ncn2[C@@H]1C[C@H](NC(C)=O)[C@@H](O)[C@H]1O. The fourth-order valence-corrected chi connectivity index (χ4v) is 5.27. The third-order valence-corrected chi connectivity index (χ3v) is 7.12. The molecule has 4 rings (SSSR count). The second-order valence-corrected chi connectivity index (χ2v) is 9.19. The number of anilines is 1. The van der Waals surface area contributed by atoms with Gasteiger partial charge in [-0.3, -0.25) is 4.79 Å². The molecule has 166 valence electrons. The molecule has 31 heavy (non-hydrogen) atoms. The van der Waals surface area contributed by atoms with Crippen LogP contribution in [0, 0.1) is 0 Å². The van der Waals surface area contributed by atoms with E-state index in [1.165, 1.54) is 13.3 Å². The van der Waals surface area contributed by atoms with E-state index >= 15 is 0 Å². The second-order valence-electron chi connectivity index (χ2n) is 7.78. The molecule has 1 fully saturated rings. The molecule has 3 heterocycles. The number of rotatable bonds is 7. The second kappa shape index (κ2) is 9.07. The highest BCUT2D eigenvalue weighted by atomic mass is 35.5. The summed E-state index contributed by atoms with van der Waals surface area (Å²) >= 11 is 7.88. The molecule has 1 aliphatic rings. The molecule has 3 aromatic heterocycles. The molecule has 0 aliphatic heterocycles. The summed E-state index contributed by atoms with van der Waals surface area (Å²) in [7, 11) is 0. The van der Waals surface area contributed by atoms with Crippen molar-refractivity contribution in [2.45, 2.75) is 63.4 Å². The van der Waals surface area contributed by atoms with Crippen LogP contribution in [-0.2, 0) is 11.2 Å². The quantitative estimate of drug-likeness (QED) is 0.422. The number of carbonyl (C=O) groups excluding carboxylic acids is 1. The molecular weight excluding hydrogens is 440 g/mol. The number of carbonyl (C=O) groups is 1. The summed E-state index contributed by atoms with van der Waals surface area (Å²) in [6.07, 6.45) is 2.94. The van der Waals surface area contributed by atoms with E-state index < -0.39 is 24.3 Å². The summed E-state index contributed by atoms with van der Waals surface area (Å²) in [5.41, 5.74) is 1.14. The number of amides is 1. The molecule has 9 nitrogen and oxygen atoms in total. The Morgan fingerprint density at radius 3 is 2.84 bits per heavy atom. The van der Waals surface area contributed by atoms with Crippen LogP contribution < -0.4 is 10.6 Å². The summed E-state index contributed by atoms with van der Waals surface area (Å²) in [6.45, 7) is 3.48. The molecule has 5 atom stereocenters. The fraction of sp³-hybridized carbons (Fsp3) is 0.500. The Kier molecular flexibility index (Phi) is 6.42. The van der Waals surface area contributed by atoms with Crippen LogP contribution in [0.2, 0.25) is 5.02 Å². The first-order valence-corrected chi connectivity index (χ1v) is 11.4. The molecule has 0 radical (unpaired) electrons. The number of hydrogen-bond donors (Lipinski definition) is 4. The average Bonchev–Trinajstić information content (AvgIpc) is 3.42. The number of hydrogen-bond acceptors (Lipinski definition) is 8. The largest absolute Gasteiger partial charge is 0.388 e. The van der Waals surface area contributed by atoms with Crippen molar-refractivity contribution in [3.8, 4) is 0 Å². The molecule has 1 saturated carbocycles. The number of thiophene rings is 1. The standard InChI is InChI=1S/C20H25ClN6O3S/c1-3-11(6-15-12(21)4-5-31-15)26-19-16-20(23-8-22-19)27(9-24-16)14-7-13(25-10(2)28)17(29)18(14)30/h4-5,8-9,11,13-14,17-18,29-30H,3,6-7H2,1-2H3,(H,25,28)(H,22,23,26)/t11-,13+,14-,17-,18+/m1/s1. The van der Waals surface area contributed by atoms with Gasteiger partial charge in [0.15, 0.2) is 11.5 Å². The lowest BCUT2D eigenvalue weighted by molar-refractivity contribution is -0.120. The van der Waals surface area contributed by atoms with Crippen molar-refractivity contribution in [2.24, 2.45) is 0 Å². The summed E-state index contributed by atoms with van der Waals surface area (Å²) in [5.74, 6) is 0.354. The number of nitrogens with zero attached hydrogens (tertiary/aromatic N) is 4. The number of aliphatic hydroxyl groups is 2. The van der Waals surface area contributed by atoms with Crippen LogP contribution >= 0.6 is 22.9 Å². The van der Waals surface area contributed by atoms with E-state index in [0.717, 1.165) is 22.7 Å². The molecule has 0 spiro atoms. The normalized spacial score (nSPS) is 24.4. The fourth-order valence-electron chi connectivity index (χ4n) is 4.07. The van der Waals surface area contributed by atoms with Gasteiger partial charge in [0.2, 0.25) is 5.91 Å². The maximum atomic E-state index is 11.4. The van der Waals surface area contributed by atoms with Gasteiger partial charge in [0.05, 0.1) is 23.4 Å². The predicted octanol–water partition coefficient (Wildman–Crippen LogP) is 2.15. The van der Waals surface area contributed by atoms with Crippen LogP contribution in [0.5, 0.6) is 0 Å². The molecule has 4 N–H and O–H groups in total. The van der Waals surface area contributed by atoms with E-state index in [-0.39, 0.29) is 11.9 Å². The van der Waals surface area contributed by atoms with Crippen molar-refractivity contribution in [1.29, 1.82) is 0 Å². The van der Waals surface area contributed by atoms with Crippen molar-refractivity contribution in [1.82, 2.24) is 24.8 Å². The zero-order valence-corrected chi connectivity index (χ0v) is 18.8. The van der Waals surface area contributed by atoms with Gasteiger partial charge < -0.3 is 25.4 Å². The highest BCUT2D eigenvalue weighted by Gasteiger charge is 2.43. The van der Waals surface area contributed by atoms with Crippen molar-refractivity contribution in [3.63, 3.8) is 0 Å². The number of imidazole rings is 1. The van der Waals surface area contributed by atoms with Gasteiger partial charge in [0, 0.05) is 24.3 Å². The molecule has 3 aromatic rings. The number of fused-ring (bicyclic) bond motifs is 1. The first-order chi connectivity index (χ1) is 14.9. The van der Waals surface area contributed by atoms with Gasteiger partial charge in [0.25, 0.3) is 0 Å².